The maximum Gasteiger partial charge on any atom is 0.409 e. The number of benzene rings is 1. The number of hydrogen-bond donors (Lipinski definition) is 3. The van der Waals surface area contributed by atoms with Gasteiger partial charge in [0, 0.05) is 0 Å². The highest BCUT2D eigenvalue weighted by Gasteiger charge is 2.13. The Morgan fingerprint density at radius 1 is 1.32 bits per heavy atom. The van der Waals surface area contributed by atoms with E-state index in [4.69, 9.17) is 26.6 Å². The number of thioether (sulfide) groups is 1. The fraction of sp³-hybridized carbons (Fsp3) is 0.312. The van der Waals surface area contributed by atoms with E-state index in [0.29, 0.717) is 15.9 Å². The molecular weight excluding hydrogens is 366 g/mol. The van der Waals surface area contributed by atoms with E-state index in [2.05, 4.69) is 15.3 Å². The zero-order chi connectivity index (χ0) is 19.0. The average Bonchev–Trinajstić information content (AvgIpc) is 2.49. The first kappa shape index (κ1) is 21.0. The molecule has 0 spiro atoms. The Labute approximate surface area is 155 Å². The molecule has 0 aliphatic rings. The molecule has 0 bridgehead atoms. The topological polar surface area (TPSA) is 105 Å². The quantitative estimate of drug-likeness (QED) is 0.525. The Morgan fingerprint density at radius 2 is 1.92 bits per heavy atom. The molecule has 0 aliphatic carbocycles. The number of para-hydroxylation sites is 1. The second-order valence-corrected chi connectivity index (χ2v) is 6.89. The maximum absolute atomic E-state index is 10.7. The minimum absolute atomic E-state index is 0.0971. The largest absolute Gasteiger partial charge is 0.465 e. The fourth-order valence-electron chi connectivity index (χ4n) is 1.36. The van der Waals surface area contributed by atoms with Crippen LogP contribution >= 0.6 is 23.4 Å². The summed E-state index contributed by atoms with van der Waals surface area (Å²) in [5, 5.41) is 20.3. The van der Waals surface area contributed by atoms with Gasteiger partial charge in [-0.2, -0.15) is 4.98 Å². The molecule has 136 valence electrons. The van der Waals surface area contributed by atoms with Crippen LogP contribution in [0.25, 0.3) is 0 Å². The molecule has 1 heterocycles. The van der Waals surface area contributed by atoms with Crippen LogP contribution in [0.15, 0.2) is 35.6 Å². The van der Waals surface area contributed by atoms with Crippen LogP contribution in [-0.4, -0.2) is 38.1 Å². The van der Waals surface area contributed by atoms with Crippen molar-refractivity contribution in [3.8, 4) is 11.6 Å². The minimum Gasteiger partial charge on any atom is -0.465 e. The van der Waals surface area contributed by atoms with Crippen molar-refractivity contribution in [3.63, 3.8) is 0 Å². The molecule has 0 saturated heterocycles. The first-order chi connectivity index (χ1) is 11.6. The average molecular weight is 386 g/mol. The van der Waals surface area contributed by atoms with E-state index in [1.807, 2.05) is 0 Å². The molecule has 1 amide bonds. The molecule has 0 saturated carbocycles. The van der Waals surface area contributed by atoms with Gasteiger partial charge in [0.25, 0.3) is 0 Å². The van der Waals surface area contributed by atoms with E-state index in [9.17, 15) is 4.79 Å². The lowest BCUT2D eigenvalue weighted by Gasteiger charge is -2.11. The summed E-state index contributed by atoms with van der Waals surface area (Å²) in [5.41, 5.74) is -0.352. The molecule has 25 heavy (non-hydrogen) atoms. The SMILES string of the molecule is CC(C)(C)O.CSc1ncc(NC(=O)O)c(Oc2ccccc2Cl)n1. The summed E-state index contributed by atoms with van der Waals surface area (Å²) in [7, 11) is 0. The van der Waals surface area contributed by atoms with Crippen molar-refractivity contribution in [1.29, 1.82) is 0 Å². The van der Waals surface area contributed by atoms with Gasteiger partial charge in [-0.25, -0.2) is 9.78 Å². The number of amides is 1. The van der Waals surface area contributed by atoms with Crippen LogP contribution < -0.4 is 10.1 Å². The van der Waals surface area contributed by atoms with Gasteiger partial charge in [-0.1, -0.05) is 35.5 Å². The molecule has 1 aromatic carbocycles. The van der Waals surface area contributed by atoms with E-state index >= 15 is 0 Å². The number of carboxylic acid groups (broad SMARTS) is 1. The number of anilines is 1. The van der Waals surface area contributed by atoms with Crippen molar-refractivity contribution >= 4 is 35.1 Å². The number of hydrogen-bond acceptors (Lipinski definition) is 6. The summed E-state index contributed by atoms with van der Waals surface area (Å²) in [4.78, 5) is 18.9. The fourth-order valence-corrected chi connectivity index (χ4v) is 1.87. The molecule has 0 atom stereocenters. The molecular formula is C16H20ClN3O4S. The number of halogens is 1. The van der Waals surface area contributed by atoms with Crippen LogP contribution in [0.1, 0.15) is 20.8 Å². The third-order valence-electron chi connectivity index (χ3n) is 2.20. The molecule has 0 aliphatic heterocycles. The van der Waals surface area contributed by atoms with Gasteiger partial charge in [-0.15, -0.1) is 0 Å². The van der Waals surface area contributed by atoms with Crippen LogP contribution in [0, 0.1) is 0 Å². The lowest BCUT2D eigenvalue weighted by molar-refractivity contribution is 0.102. The number of nitrogens with one attached hydrogen (secondary N) is 1. The Hall–Kier alpha value is -2.03. The van der Waals surface area contributed by atoms with Gasteiger partial charge in [-0.3, -0.25) is 5.32 Å². The predicted molar refractivity (Wildman–Crippen MR) is 99.0 cm³/mol. The number of carbonyl (C=O) groups is 1. The van der Waals surface area contributed by atoms with Gasteiger partial charge in [-0.05, 0) is 39.2 Å². The Bertz CT molecular complexity index is 717. The van der Waals surface area contributed by atoms with Crippen molar-refractivity contribution in [2.24, 2.45) is 0 Å². The monoisotopic (exact) mass is 385 g/mol. The summed E-state index contributed by atoms with van der Waals surface area (Å²) >= 11 is 7.31. The van der Waals surface area contributed by atoms with Gasteiger partial charge in [0.15, 0.2) is 5.16 Å². The normalized spacial score (nSPS) is 10.5. The minimum atomic E-state index is -1.23. The number of nitrogens with zero attached hydrogens (tertiary/aromatic N) is 2. The third-order valence-corrected chi connectivity index (χ3v) is 3.07. The van der Waals surface area contributed by atoms with Crippen LogP contribution in [0.5, 0.6) is 11.6 Å². The van der Waals surface area contributed by atoms with E-state index in [-0.39, 0.29) is 11.6 Å². The van der Waals surface area contributed by atoms with Crippen LogP contribution in [-0.2, 0) is 0 Å². The maximum atomic E-state index is 10.7. The Balaban J connectivity index is 0.000000550. The predicted octanol–water partition coefficient (Wildman–Crippen LogP) is 4.51. The third kappa shape index (κ3) is 8.57. The molecule has 0 fully saturated rings. The number of rotatable bonds is 4. The summed E-state index contributed by atoms with van der Waals surface area (Å²) < 4.78 is 5.56. The van der Waals surface area contributed by atoms with E-state index in [1.54, 1.807) is 51.3 Å². The summed E-state index contributed by atoms with van der Waals surface area (Å²) in [6, 6.07) is 6.84. The van der Waals surface area contributed by atoms with E-state index in [1.165, 1.54) is 18.0 Å². The number of aromatic nitrogens is 2. The van der Waals surface area contributed by atoms with Crippen molar-refractivity contribution in [3.05, 3.63) is 35.5 Å². The van der Waals surface area contributed by atoms with Crippen LogP contribution in [0.4, 0.5) is 10.5 Å². The highest BCUT2D eigenvalue weighted by Crippen LogP contribution is 2.32. The van der Waals surface area contributed by atoms with Gasteiger partial charge in [0.2, 0.25) is 5.88 Å². The lowest BCUT2D eigenvalue weighted by Crippen LogP contribution is -2.10. The summed E-state index contributed by atoms with van der Waals surface area (Å²) in [5.74, 6) is 0.480. The summed E-state index contributed by atoms with van der Waals surface area (Å²) in [6.07, 6.45) is 1.92. The first-order valence-corrected chi connectivity index (χ1v) is 8.76. The van der Waals surface area contributed by atoms with Gasteiger partial charge >= 0.3 is 6.09 Å². The van der Waals surface area contributed by atoms with Crippen LogP contribution in [0.2, 0.25) is 5.02 Å². The standard InChI is InChI=1S/C12H10ClN3O3S.C4H10O/c1-20-11-14-6-8(15-12(17)18)10(16-11)19-9-5-3-2-4-7(9)13;1-4(2,3)5/h2-6,15H,1H3,(H,17,18);5H,1-3H3. The molecule has 2 rings (SSSR count). The first-order valence-electron chi connectivity index (χ1n) is 7.16. The smallest absolute Gasteiger partial charge is 0.409 e. The van der Waals surface area contributed by atoms with Crippen molar-refractivity contribution in [2.75, 3.05) is 11.6 Å². The van der Waals surface area contributed by atoms with Crippen LogP contribution in [0.3, 0.4) is 0 Å². The lowest BCUT2D eigenvalue weighted by atomic mass is 10.2. The second kappa shape index (κ2) is 9.45. The second-order valence-electron chi connectivity index (χ2n) is 5.71. The van der Waals surface area contributed by atoms with Gasteiger partial charge in [0.1, 0.15) is 11.4 Å². The Kier molecular flexibility index (Phi) is 7.95. The molecule has 1 aromatic heterocycles. The molecule has 2 aromatic rings. The zero-order valence-electron chi connectivity index (χ0n) is 14.3. The molecule has 9 heteroatoms. The van der Waals surface area contributed by atoms with E-state index < -0.39 is 11.7 Å². The number of aliphatic hydroxyl groups is 1. The molecule has 3 N–H and O–H groups in total. The summed E-state index contributed by atoms with van der Waals surface area (Å²) in [6.45, 7) is 5.23. The Morgan fingerprint density at radius 3 is 2.44 bits per heavy atom. The van der Waals surface area contributed by atoms with E-state index in [0.717, 1.165) is 0 Å². The van der Waals surface area contributed by atoms with Crippen molar-refractivity contribution < 1.29 is 19.7 Å². The van der Waals surface area contributed by atoms with Crippen molar-refractivity contribution in [2.45, 2.75) is 31.5 Å². The van der Waals surface area contributed by atoms with Crippen molar-refractivity contribution in [1.82, 2.24) is 9.97 Å². The molecule has 0 radical (unpaired) electrons. The number of ether oxygens (including phenoxy) is 1. The highest BCUT2D eigenvalue weighted by molar-refractivity contribution is 7.98. The zero-order valence-corrected chi connectivity index (χ0v) is 15.9. The van der Waals surface area contributed by atoms with Gasteiger partial charge in [0.05, 0.1) is 16.8 Å². The molecule has 7 nitrogen and oxygen atoms in total. The highest BCUT2D eigenvalue weighted by atomic mass is 35.5. The van der Waals surface area contributed by atoms with Gasteiger partial charge < -0.3 is 14.9 Å². The molecule has 0 unspecified atom stereocenters.